The summed E-state index contributed by atoms with van der Waals surface area (Å²) in [6.45, 7) is 0.348. The molecule has 0 N–H and O–H groups in total. The van der Waals surface area contributed by atoms with Crippen molar-refractivity contribution >= 4 is 5.91 Å². The predicted octanol–water partition coefficient (Wildman–Crippen LogP) is 4.94. The zero-order chi connectivity index (χ0) is 24.1. The van der Waals surface area contributed by atoms with Gasteiger partial charge in [0.25, 0.3) is 5.91 Å². The van der Waals surface area contributed by atoms with E-state index in [4.69, 9.17) is 23.2 Å². The second kappa shape index (κ2) is 10.1. The van der Waals surface area contributed by atoms with E-state index in [2.05, 4.69) is 5.16 Å². The SMILES string of the molecule is COc1cc(-c2cc(CN(Cc3ccco3)C(=O)c3ccc(F)cc3)no2)cc(OC)c1OC. The van der Waals surface area contributed by atoms with E-state index >= 15 is 0 Å². The Bertz CT molecular complexity index is 1230. The molecule has 4 aromatic rings. The van der Waals surface area contributed by atoms with Crippen LogP contribution in [0.4, 0.5) is 4.39 Å². The first-order chi connectivity index (χ1) is 16.5. The Balaban J connectivity index is 1.62. The summed E-state index contributed by atoms with van der Waals surface area (Å²) in [5.41, 5.74) is 1.53. The van der Waals surface area contributed by atoms with Crippen LogP contribution in [0.2, 0.25) is 0 Å². The van der Waals surface area contributed by atoms with Crippen molar-refractivity contribution < 1.29 is 32.3 Å². The molecule has 176 valence electrons. The van der Waals surface area contributed by atoms with Crippen molar-refractivity contribution in [1.82, 2.24) is 10.1 Å². The molecular formula is C25H23FN2O6. The minimum absolute atomic E-state index is 0.144. The van der Waals surface area contributed by atoms with Crippen molar-refractivity contribution in [1.29, 1.82) is 0 Å². The molecule has 0 saturated heterocycles. The van der Waals surface area contributed by atoms with Crippen LogP contribution in [0.15, 0.2) is 69.8 Å². The average molecular weight is 466 g/mol. The molecular weight excluding hydrogens is 443 g/mol. The lowest BCUT2D eigenvalue weighted by Gasteiger charge is -2.20. The number of carbonyl (C=O) groups is 1. The van der Waals surface area contributed by atoms with Gasteiger partial charge in [0.05, 0.1) is 40.7 Å². The minimum Gasteiger partial charge on any atom is -0.493 e. The molecule has 0 fully saturated rings. The van der Waals surface area contributed by atoms with Crippen LogP contribution in [-0.2, 0) is 13.1 Å². The number of rotatable bonds is 9. The summed E-state index contributed by atoms with van der Waals surface area (Å²) >= 11 is 0. The van der Waals surface area contributed by atoms with Gasteiger partial charge in [-0.15, -0.1) is 0 Å². The van der Waals surface area contributed by atoms with Gasteiger partial charge in [-0.05, 0) is 48.5 Å². The molecule has 0 spiro atoms. The first kappa shape index (κ1) is 22.9. The highest BCUT2D eigenvalue weighted by Gasteiger charge is 2.21. The number of ether oxygens (including phenoxy) is 3. The standard InChI is InChI=1S/C25H23FN2O6/c1-30-22-11-17(12-23(31-2)24(22)32-3)21-13-19(27-34-21)14-28(15-20-5-4-10-33-20)25(29)16-6-8-18(26)9-7-16/h4-13H,14-15H2,1-3H3. The quantitative estimate of drug-likeness (QED) is 0.345. The van der Waals surface area contributed by atoms with E-state index in [9.17, 15) is 9.18 Å². The van der Waals surface area contributed by atoms with Gasteiger partial charge in [-0.2, -0.15) is 0 Å². The van der Waals surface area contributed by atoms with Gasteiger partial charge in [0.2, 0.25) is 5.75 Å². The second-order valence-electron chi connectivity index (χ2n) is 7.34. The smallest absolute Gasteiger partial charge is 0.254 e. The molecule has 0 aliphatic heterocycles. The Morgan fingerprint density at radius 3 is 2.26 bits per heavy atom. The Hall–Kier alpha value is -4.27. The molecule has 0 atom stereocenters. The molecule has 0 aliphatic rings. The molecule has 0 unspecified atom stereocenters. The van der Waals surface area contributed by atoms with E-state index in [1.807, 2.05) is 0 Å². The summed E-state index contributed by atoms with van der Waals surface area (Å²) in [4.78, 5) is 14.7. The molecule has 8 nitrogen and oxygen atoms in total. The Labute approximate surface area is 195 Å². The molecule has 0 aliphatic carbocycles. The number of carbonyl (C=O) groups excluding carboxylic acids is 1. The zero-order valence-electron chi connectivity index (χ0n) is 18.9. The van der Waals surface area contributed by atoms with E-state index in [1.165, 1.54) is 51.9 Å². The summed E-state index contributed by atoms with van der Waals surface area (Å²) in [6.07, 6.45) is 1.54. The molecule has 34 heavy (non-hydrogen) atoms. The monoisotopic (exact) mass is 466 g/mol. The number of halogens is 1. The van der Waals surface area contributed by atoms with Crippen LogP contribution in [0.3, 0.4) is 0 Å². The maximum absolute atomic E-state index is 13.3. The highest BCUT2D eigenvalue weighted by molar-refractivity contribution is 5.94. The average Bonchev–Trinajstić information content (AvgIpc) is 3.55. The number of amides is 1. The maximum Gasteiger partial charge on any atom is 0.254 e. The fourth-order valence-electron chi connectivity index (χ4n) is 3.51. The molecule has 2 heterocycles. The van der Waals surface area contributed by atoms with E-state index < -0.39 is 5.82 Å². The second-order valence-corrected chi connectivity index (χ2v) is 7.34. The highest BCUT2D eigenvalue weighted by atomic mass is 19.1. The summed E-state index contributed by atoms with van der Waals surface area (Å²) in [5.74, 6) is 1.75. The minimum atomic E-state index is -0.416. The van der Waals surface area contributed by atoms with Crippen molar-refractivity contribution in [2.45, 2.75) is 13.1 Å². The van der Waals surface area contributed by atoms with E-state index in [-0.39, 0.29) is 19.0 Å². The Morgan fingerprint density at radius 2 is 1.68 bits per heavy atom. The van der Waals surface area contributed by atoms with Crippen molar-refractivity contribution in [3.8, 4) is 28.6 Å². The van der Waals surface area contributed by atoms with Crippen LogP contribution < -0.4 is 14.2 Å². The van der Waals surface area contributed by atoms with Gasteiger partial charge < -0.3 is 28.1 Å². The summed E-state index contributed by atoms with van der Waals surface area (Å²) in [6, 6.07) is 14.1. The zero-order valence-corrected chi connectivity index (χ0v) is 18.9. The summed E-state index contributed by atoms with van der Waals surface area (Å²) in [7, 11) is 4.58. The van der Waals surface area contributed by atoms with Crippen LogP contribution >= 0.6 is 0 Å². The van der Waals surface area contributed by atoms with Gasteiger partial charge >= 0.3 is 0 Å². The molecule has 9 heteroatoms. The van der Waals surface area contributed by atoms with Gasteiger partial charge in [-0.25, -0.2) is 4.39 Å². The third-order valence-corrected chi connectivity index (χ3v) is 5.17. The summed E-state index contributed by atoms with van der Waals surface area (Å²) in [5, 5.41) is 4.13. The molecule has 2 aromatic heterocycles. The van der Waals surface area contributed by atoms with Crippen LogP contribution in [-0.4, -0.2) is 37.3 Å². The molecule has 0 saturated carbocycles. The van der Waals surface area contributed by atoms with Crippen molar-refractivity contribution in [2.24, 2.45) is 0 Å². The van der Waals surface area contributed by atoms with Crippen molar-refractivity contribution in [3.63, 3.8) is 0 Å². The lowest BCUT2D eigenvalue weighted by atomic mass is 10.1. The van der Waals surface area contributed by atoms with Crippen molar-refractivity contribution in [2.75, 3.05) is 21.3 Å². The fraction of sp³-hybridized carbons (Fsp3) is 0.200. The van der Waals surface area contributed by atoms with Gasteiger partial charge in [0, 0.05) is 17.2 Å². The van der Waals surface area contributed by atoms with E-state index in [0.29, 0.717) is 45.6 Å². The topological polar surface area (TPSA) is 87.2 Å². The fourth-order valence-corrected chi connectivity index (χ4v) is 3.51. The maximum atomic E-state index is 13.3. The number of hydrogen-bond acceptors (Lipinski definition) is 7. The van der Waals surface area contributed by atoms with E-state index in [1.54, 1.807) is 35.2 Å². The molecule has 1 amide bonds. The third kappa shape index (κ3) is 4.88. The van der Waals surface area contributed by atoms with Crippen LogP contribution in [0.5, 0.6) is 17.2 Å². The Morgan fingerprint density at radius 1 is 0.971 bits per heavy atom. The van der Waals surface area contributed by atoms with E-state index in [0.717, 1.165) is 0 Å². The normalized spacial score (nSPS) is 10.7. The van der Waals surface area contributed by atoms with Gasteiger partial charge in [0.1, 0.15) is 17.3 Å². The van der Waals surface area contributed by atoms with Crippen LogP contribution in [0.1, 0.15) is 21.8 Å². The number of methoxy groups -OCH3 is 3. The molecule has 0 bridgehead atoms. The predicted molar refractivity (Wildman–Crippen MR) is 120 cm³/mol. The first-order valence-electron chi connectivity index (χ1n) is 10.4. The largest absolute Gasteiger partial charge is 0.493 e. The highest BCUT2D eigenvalue weighted by Crippen LogP contribution is 2.41. The summed E-state index contributed by atoms with van der Waals surface area (Å²) < 4.78 is 40.5. The molecule has 4 rings (SSSR count). The van der Waals surface area contributed by atoms with Crippen LogP contribution in [0.25, 0.3) is 11.3 Å². The Kier molecular flexibility index (Phi) is 6.82. The third-order valence-electron chi connectivity index (χ3n) is 5.17. The van der Waals surface area contributed by atoms with Gasteiger partial charge in [-0.1, -0.05) is 5.16 Å². The van der Waals surface area contributed by atoms with Crippen LogP contribution in [0, 0.1) is 5.82 Å². The lowest BCUT2D eigenvalue weighted by Crippen LogP contribution is -2.30. The number of hydrogen-bond donors (Lipinski definition) is 0. The van der Waals surface area contributed by atoms with Gasteiger partial charge in [0.15, 0.2) is 17.3 Å². The number of aromatic nitrogens is 1. The number of benzene rings is 2. The lowest BCUT2D eigenvalue weighted by molar-refractivity contribution is 0.0713. The van der Waals surface area contributed by atoms with Crippen molar-refractivity contribution in [3.05, 3.63) is 83.7 Å². The number of nitrogens with zero attached hydrogens (tertiary/aromatic N) is 2. The van der Waals surface area contributed by atoms with Gasteiger partial charge in [-0.3, -0.25) is 4.79 Å². The molecule has 2 aromatic carbocycles. The number of furan rings is 1. The first-order valence-corrected chi connectivity index (χ1v) is 10.4. The molecule has 0 radical (unpaired) electrons.